The molecule has 1 aromatic carbocycles. The maximum Gasteiger partial charge on any atom is 0.512 e. The largest absolute Gasteiger partial charge is 0.512 e. The summed E-state index contributed by atoms with van der Waals surface area (Å²) in [6.07, 6.45) is 4.37. The summed E-state index contributed by atoms with van der Waals surface area (Å²) in [7, 11) is -20.0. The molecule has 0 amide bonds. The monoisotopic (exact) mass is 633 g/mol. The van der Waals surface area contributed by atoms with Crippen molar-refractivity contribution in [3.05, 3.63) is 29.8 Å². The number of rotatable bonds is 9. The second-order valence-electron chi connectivity index (χ2n) is 7.59. The summed E-state index contributed by atoms with van der Waals surface area (Å²) in [5.74, 6) is -8.01. The van der Waals surface area contributed by atoms with Gasteiger partial charge in [-0.1, -0.05) is 31.4 Å². The lowest BCUT2D eigenvalue weighted by Gasteiger charge is -2.33. The van der Waals surface area contributed by atoms with Crippen LogP contribution in [-0.2, 0) is 49.9 Å². The van der Waals surface area contributed by atoms with Crippen LogP contribution in [0.5, 0.6) is 5.75 Å². The second kappa shape index (κ2) is 9.97. The number of alkyl halides is 9. The van der Waals surface area contributed by atoms with E-state index in [1.165, 1.54) is 12.1 Å². The zero-order valence-corrected chi connectivity index (χ0v) is 21.5. The van der Waals surface area contributed by atoms with Crippen molar-refractivity contribution in [2.24, 2.45) is 0 Å². The highest BCUT2D eigenvalue weighted by Gasteiger charge is 2.81. The minimum Gasteiger partial charge on any atom is -0.378 e. The Morgan fingerprint density at radius 1 is 0.778 bits per heavy atom. The van der Waals surface area contributed by atoms with Crippen LogP contribution in [0.2, 0.25) is 0 Å². The third kappa shape index (κ3) is 5.71. The second-order valence-corrected chi connectivity index (χ2v) is 16.5. The van der Waals surface area contributed by atoms with E-state index in [1.54, 1.807) is 0 Å². The molecule has 0 saturated heterocycles. The van der Waals surface area contributed by atoms with Crippen LogP contribution in [0.3, 0.4) is 0 Å². The zero-order chi connectivity index (χ0) is 28.0. The number of halogens is 9. The lowest BCUT2D eigenvalue weighted by atomic mass is 9.84. The summed E-state index contributed by atoms with van der Waals surface area (Å²) in [6, 6.07) is 4.17. The van der Waals surface area contributed by atoms with Crippen molar-refractivity contribution >= 4 is 49.9 Å². The van der Waals surface area contributed by atoms with E-state index in [9.17, 15) is 56.3 Å². The van der Waals surface area contributed by atoms with Gasteiger partial charge in [-0.05, 0) is 58.8 Å². The van der Waals surface area contributed by atoms with E-state index in [2.05, 4.69) is 26.6 Å². The van der Waals surface area contributed by atoms with Crippen LogP contribution in [0, 0.1) is 0 Å². The molecule has 20 heteroatoms. The molecule has 0 radical (unpaired) electrons. The van der Waals surface area contributed by atoms with Gasteiger partial charge in [-0.15, -0.1) is 4.13 Å². The molecule has 0 atom stereocenters. The Hall–Kier alpha value is -0.960. The van der Waals surface area contributed by atoms with Gasteiger partial charge in [0.1, 0.15) is 5.75 Å². The number of nitrogens with one attached hydrogen (secondary N) is 1. The molecule has 6 nitrogen and oxygen atoms in total. The zero-order valence-electron chi connectivity index (χ0n) is 17.4. The molecule has 0 aliphatic heterocycles. The molecular formula is C16H16F9NO5S5. The minimum atomic E-state index is -7.12. The van der Waals surface area contributed by atoms with Gasteiger partial charge in [0.05, 0.1) is 7.33 Å². The van der Waals surface area contributed by atoms with Crippen molar-refractivity contribution in [2.75, 3.05) is 0 Å². The SMILES string of the molecule is O=S(=O)(NS(=S)(=S)C(F)(F)C(F)(F)C(F)(F)S(=O)(=O)Oc1ccc(C2CCCCC2)cc1)C(F)(F)F. The highest BCUT2D eigenvalue weighted by Crippen LogP contribution is 2.51. The van der Waals surface area contributed by atoms with E-state index in [-0.39, 0.29) is 10.0 Å². The van der Waals surface area contributed by atoms with Crippen LogP contribution in [-0.4, -0.2) is 38.8 Å². The van der Waals surface area contributed by atoms with Gasteiger partial charge < -0.3 is 4.18 Å². The van der Waals surface area contributed by atoms with Crippen LogP contribution >= 0.6 is 0 Å². The maximum atomic E-state index is 14.3. The summed E-state index contributed by atoms with van der Waals surface area (Å²) in [4.78, 5) is 0. The normalized spacial score (nSPS) is 17.7. The lowest BCUT2D eigenvalue weighted by Crippen LogP contribution is -2.63. The third-order valence-electron chi connectivity index (χ3n) is 5.07. The van der Waals surface area contributed by atoms with E-state index < -0.39 is 55.2 Å². The first-order valence-electron chi connectivity index (χ1n) is 9.52. The minimum absolute atomic E-state index is 0.0598. The van der Waals surface area contributed by atoms with Crippen LogP contribution in [0.1, 0.15) is 43.6 Å². The molecular weight excluding hydrogens is 617 g/mol. The smallest absolute Gasteiger partial charge is 0.378 e. The van der Waals surface area contributed by atoms with E-state index in [0.717, 1.165) is 44.2 Å². The molecule has 36 heavy (non-hydrogen) atoms. The number of sulfonamides is 1. The first kappa shape index (κ1) is 31.3. The van der Waals surface area contributed by atoms with Gasteiger partial charge in [0.25, 0.3) is 0 Å². The third-order valence-corrected chi connectivity index (χ3v) is 12.1. The predicted octanol–water partition coefficient (Wildman–Crippen LogP) is 4.70. The van der Waals surface area contributed by atoms with Crippen LogP contribution < -0.4 is 8.31 Å². The topological polar surface area (TPSA) is 89.5 Å². The van der Waals surface area contributed by atoms with Crippen molar-refractivity contribution in [2.45, 2.75) is 60.0 Å². The van der Waals surface area contributed by atoms with Crippen LogP contribution in [0.25, 0.3) is 0 Å². The van der Waals surface area contributed by atoms with Crippen molar-refractivity contribution in [1.29, 1.82) is 0 Å². The standard InChI is InChI=1S/C16H16F9NO5S5/c17-13(18,14(19,20)35(32,33)26-34(27,28)16(23,24)25)15(21,22)36(29,30)31-12-8-6-11(7-9-12)10-4-2-1-3-5-10/h6-10,26H,1-5H2. The van der Waals surface area contributed by atoms with Crippen LogP contribution in [0.15, 0.2) is 24.3 Å². The summed E-state index contributed by atoms with van der Waals surface area (Å²) < 4.78 is 173. The number of hydrogen-bond acceptors (Lipinski definition) is 7. The average Bonchev–Trinajstić information content (AvgIpc) is 2.72. The quantitative estimate of drug-likeness (QED) is 0.312. The molecule has 1 aromatic rings. The predicted molar refractivity (Wildman–Crippen MR) is 117 cm³/mol. The van der Waals surface area contributed by atoms with Gasteiger partial charge in [-0.3, -0.25) is 0 Å². The number of benzene rings is 1. The fourth-order valence-electron chi connectivity index (χ4n) is 3.15. The van der Waals surface area contributed by atoms with E-state index in [1.807, 2.05) is 0 Å². The molecule has 1 aliphatic carbocycles. The summed E-state index contributed by atoms with van der Waals surface area (Å²) in [5.41, 5.74) is -5.72. The lowest BCUT2D eigenvalue weighted by molar-refractivity contribution is -0.243. The number of hydrogen-bond donors (Lipinski definition) is 1. The van der Waals surface area contributed by atoms with Gasteiger partial charge >= 0.3 is 42.1 Å². The molecule has 208 valence electrons. The molecule has 2 rings (SSSR count). The van der Waals surface area contributed by atoms with Crippen molar-refractivity contribution in [3.8, 4) is 5.75 Å². The molecule has 1 fully saturated rings. The molecule has 0 aromatic heterocycles. The highest BCUT2D eigenvalue weighted by atomic mass is 33.1. The fraction of sp³-hybridized carbons (Fsp3) is 0.625. The van der Waals surface area contributed by atoms with Gasteiger partial charge in [0.15, 0.2) is 0 Å². The first-order valence-corrected chi connectivity index (χ1v) is 15.9. The van der Waals surface area contributed by atoms with Crippen molar-refractivity contribution < 1.29 is 60.5 Å². The summed E-state index contributed by atoms with van der Waals surface area (Å²) in [5, 5.41) is -13.5. The Morgan fingerprint density at radius 2 is 1.25 bits per heavy atom. The Balaban J connectivity index is 2.36. The average molecular weight is 634 g/mol. The van der Waals surface area contributed by atoms with Crippen LogP contribution in [0.4, 0.5) is 39.5 Å². The molecule has 0 unspecified atom stereocenters. The van der Waals surface area contributed by atoms with Crippen molar-refractivity contribution in [3.63, 3.8) is 0 Å². The molecule has 0 heterocycles. The Bertz CT molecular complexity index is 1270. The van der Waals surface area contributed by atoms with E-state index >= 15 is 0 Å². The van der Waals surface area contributed by atoms with E-state index in [4.69, 9.17) is 0 Å². The van der Waals surface area contributed by atoms with E-state index in [0.29, 0.717) is 5.56 Å². The Labute approximate surface area is 209 Å². The maximum absolute atomic E-state index is 14.3. The van der Waals surface area contributed by atoms with Crippen molar-refractivity contribution in [1.82, 2.24) is 4.13 Å². The highest BCUT2D eigenvalue weighted by molar-refractivity contribution is 8.57. The van der Waals surface area contributed by atoms with Gasteiger partial charge in [-0.2, -0.15) is 47.9 Å². The van der Waals surface area contributed by atoms with Gasteiger partial charge in [0.2, 0.25) is 0 Å². The fourth-order valence-corrected chi connectivity index (χ4v) is 8.78. The molecule has 0 spiro atoms. The molecule has 1 aliphatic rings. The first-order chi connectivity index (χ1) is 16.0. The Morgan fingerprint density at radius 3 is 1.69 bits per heavy atom. The van der Waals surface area contributed by atoms with Gasteiger partial charge in [-0.25, -0.2) is 8.42 Å². The molecule has 1 saturated carbocycles. The summed E-state index contributed by atoms with van der Waals surface area (Å²) >= 11 is 7.30. The molecule has 0 bridgehead atoms. The Kier molecular flexibility index (Phi) is 8.66. The molecule has 1 N–H and O–H groups in total. The van der Waals surface area contributed by atoms with Gasteiger partial charge in [0, 0.05) is 0 Å². The summed E-state index contributed by atoms with van der Waals surface area (Å²) in [6.45, 7) is 0.